The van der Waals surface area contributed by atoms with Gasteiger partial charge in [-0.1, -0.05) is 11.6 Å². The Bertz CT molecular complexity index is 662. The van der Waals surface area contributed by atoms with Crippen LogP contribution in [0.3, 0.4) is 0 Å². The van der Waals surface area contributed by atoms with Crippen LogP contribution in [0.4, 0.5) is 5.69 Å². The van der Waals surface area contributed by atoms with Crippen LogP contribution in [0.15, 0.2) is 17.0 Å². The number of nitrogens with zero attached hydrogens (tertiary/aromatic N) is 2. The first kappa shape index (κ1) is 15.2. The molecule has 0 bridgehead atoms. The number of benzene rings is 1. The van der Waals surface area contributed by atoms with E-state index in [9.17, 15) is 18.5 Å². The van der Waals surface area contributed by atoms with Gasteiger partial charge < -0.3 is 5.73 Å². The molecule has 110 valence electrons. The lowest BCUT2D eigenvalue weighted by atomic mass is 10.2. The van der Waals surface area contributed by atoms with Gasteiger partial charge in [0, 0.05) is 18.2 Å². The SMILES string of the molecule is Cc1c(Cl)cc(S(=O)(=O)N2CCCC2N)cc1[N+](=O)[O-]. The number of sulfonamides is 1. The second-order valence-electron chi connectivity index (χ2n) is 4.63. The molecule has 2 N–H and O–H groups in total. The van der Waals surface area contributed by atoms with Gasteiger partial charge in [-0.15, -0.1) is 0 Å². The average Bonchev–Trinajstić information content (AvgIpc) is 2.78. The number of rotatable bonds is 3. The Morgan fingerprint density at radius 3 is 2.65 bits per heavy atom. The van der Waals surface area contributed by atoms with E-state index in [2.05, 4.69) is 0 Å². The van der Waals surface area contributed by atoms with Gasteiger partial charge >= 0.3 is 0 Å². The van der Waals surface area contributed by atoms with E-state index in [1.165, 1.54) is 13.0 Å². The number of hydrogen-bond donors (Lipinski definition) is 1. The van der Waals surface area contributed by atoms with Gasteiger partial charge in [0.25, 0.3) is 5.69 Å². The molecular formula is C11H14ClN3O4S. The fourth-order valence-electron chi connectivity index (χ4n) is 2.18. The molecule has 1 unspecified atom stereocenters. The molecule has 1 aromatic carbocycles. The molecule has 0 aliphatic carbocycles. The molecule has 1 aliphatic rings. The van der Waals surface area contributed by atoms with E-state index in [0.717, 1.165) is 10.4 Å². The van der Waals surface area contributed by atoms with Crippen LogP contribution in [-0.2, 0) is 10.0 Å². The van der Waals surface area contributed by atoms with E-state index in [0.29, 0.717) is 19.4 Å². The topological polar surface area (TPSA) is 107 Å². The van der Waals surface area contributed by atoms with Crippen LogP contribution in [0.1, 0.15) is 18.4 Å². The zero-order valence-electron chi connectivity index (χ0n) is 10.7. The van der Waals surface area contributed by atoms with E-state index in [-0.39, 0.29) is 21.2 Å². The van der Waals surface area contributed by atoms with Crippen LogP contribution in [0.5, 0.6) is 0 Å². The Balaban J connectivity index is 2.55. The summed E-state index contributed by atoms with van der Waals surface area (Å²) in [4.78, 5) is 10.1. The molecule has 1 saturated heterocycles. The summed E-state index contributed by atoms with van der Waals surface area (Å²) in [6, 6.07) is 2.26. The summed E-state index contributed by atoms with van der Waals surface area (Å²) in [5, 5.41) is 11.0. The number of nitro benzene ring substituents is 1. The zero-order chi connectivity index (χ0) is 15.1. The maximum atomic E-state index is 12.4. The summed E-state index contributed by atoms with van der Waals surface area (Å²) in [6.45, 7) is 1.78. The minimum Gasteiger partial charge on any atom is -0.315 e. The summed E-state index contributed by atoms with van der Waals surface area (Å²) in [5.74, 6) is 0. The first-order chi connectivity index (χ1) is 9.25. The predicted octanol–water partition coefficient (Wildman–Crippen LogP) is 1.63. The Kier molecular flexibility index (Phi) is 4.01. The van der Waals surface area contributed by atoms with Gasteiger partial charge in [0.15, 0.2) is 0 Å². The molecule has 1 atom stereocenters. The highest BCUT2D eigenvalue weighted by Gasteiger charge is 2.34. The van der Waals surface area contributed by atoms with Gasteiger partial charge in [-0.25, -0.2) is 8.42 Å². The fourth-order valence-corrected chi connectivity index (χ4v) is 4.09. The molecule has 2 rings (SSSR count). The van der Waals surface area contributed by atoms with Crippen LogP contribution in [0.2, 0.25) is 5.02 Å². The van der Waals surface area contributed by atoms with Crippen molar-refractivity contribution in [2.24, 2.45) is 5.73 Å². The molecule has 1 heterocycles. The van der Waals surface area contributed by atoms with Gasteiger partial charge in [-0.3, -0.25) is 10.1 Å². The summed E-state index contributed by atoms with van der Waals surface area (Å²) < 4.78 is 26.0. The highest BCUT2D eigenvalue weighted by atomic mass is 35.5. The second-order valence-corrected chi connectivity index (χ2v) is 6.93. The molecule has 9 heteroatoms. The maximum absolute atomic E-state index is 12.4. The third kappa shape index (κ3) is 2.51. The summed E-state index contributed by atoms with van der Waals surface area (Å²) in [6.07, 6.45) is 0.641. The number of halogens is 1. The monoisotopic (exact) mass is 319 g/mol. The fraction of sp³-hybridized carbons (Fsp3) is 0.455. The smallest absolute Gasteiger partial charge is 0.275 e. The zero-order valence-corrected chi connectivity index (χ0v) is 12.3. The lowest BCUT2D eigenvalue weighted by Crippen LogP contribution is -2.40. The normalized spacial score (nSPS) is 20.2. The predicted molar refractivity (Wildman–Crippen MR) is 73.9 cm³/mol. The van der Waals surface area contributed by atoms with Crippen molar-refractivity contribution in [3.63, 3.8) is 0 Å². The minimum absolute atomic E-state index is 0.0468. The minimum atomic E-state index is -3.86. The average molecular weight is 320 g/mol. The van der Waals surface area contributed by atoms with Crippen molar-refractivity contribution in [1.82, 2.24) is 4.31 Å². The maximum Gasteiger partial charge on any atom is 0.275 e. The van der Waals surface area contributed by atoms with E-state index < -0.39 is 21.1 Å². The van der Waals surface area contributed by atoms with Crippen LogP contribution in [0.25, 0.3) is 0 Å². The Hall–Kier alpha value is -1.22. The highest BCUT2D eigenvalue weighted by Crippen LogP contribution is 2.32. The Labute approximate surface area is 121 Å². The van der Waals surface area contributed by atoms with E-state index in [1.54, 1.807) is 0 Å². The van der Waals surface area contributed by atoms with Crippen molar-refractivity contribution < 1.29 is 13.3 Å². The van der Waals surface area contributed by atoms with Crippen molar-refractivity contribution in [3.8, 4) is 0 Å². The molecule has 1 fully saturated rings. The number of nitro groups is 1. The number of hydrogen-bond acceptors (Lipinski definition) is 5. The van der Waals surface area contributed by atoms with Crippen molar-refractivity contribution in [2.45, 2.75) is 30.8 Å². The number of nitrogens with two attached hydrogens (primary N) is 1. The molecule has 0 saturated carbocycles. The van der Waals surface area contributed by atoms with Crippen LogP contribution in [-0.4, -0.2) is 30.4 Å². The third-order valence-corrected chi connectivity index (χ3v) is 5.64. The Morgan fingerprint density at radius 1 is 1.50 bits per heavy atom. The van der Waals surface area contributed by atoms with Crippen LogP contribution >= 0.6 is 11.6 Å². The largest absolute Gasteiger partial charge is 0.315 e. The first-order valence-corrected chi connectivity index (χ1v) is 7.79. The quantitative estimate of drug-likeness (QED) is 0.673. The van der Waals surface area contributed by atoms with Crippen LogP contribution < -0.4 is 5.73 Å². The van der Waals surface area contributed by atoms with Crippen molar-refractivity contribution >= 4 is 27.3 Å². The summed E-state index contributed by atoms with van der Waals surface area (Å²) >= 11 is 5.89. The molecule has 7 nitrogen and oxygen atoms in total. The summed E-state index contributed by atoms with van der Waals surface area (Å²) in [5.41, 5.74) is 5.67. The first-order valence-electron chi connectivity index (χ1n) is 5.97. The van der Waals surface area contributed by atoms with E-state index in [4.69, 9.17) is 17.3 Å². The van der Waals surface area contributed by atoms with Gasteiger partial charge in [0.05, 0.1) is 21.0 Å². The second kappa shape index (κ2) is 5.28. The van der Waals surface area contributed by atoms with Crippen molar-refractivity contribution in [3.05, 3.63) is 32.8 Å². The molecule has 20 heavy (non-hydrogen) atoms. The van der Waals surface area contributed by atoms with Gasteiger partial charge in [0.1, 0.15) is 0 Å². The lowest BCUT2D eigenvalue weighted by Gasteiger charge is -2.20. The molecular weight excluding hydrogens is 306 g/mol. The van der Waals surface area contributed by atoms with Gasteiger partial charge in [-0.05, 0) is 25.8 Å². The van der Waals surface area contributed by atoms with Gasteiger partial charge in [0.2, 0.25) is 10.0 Å². The molecule has 0 amide bonds. The molecule has 0 radical (unpaired) electrons. The summed E-state index contributed by atoms with van der Waals surface area (Å²) in [7, 11) is -3.86. The van der Waals surface area contributed by atoms with Crippen molar-refractivity contribution in [2.75, 3.05) is 6.54 Å². The van der Waals surface area contributed by atoms with E-state index >= 15 is 0 Å². The molecule has 0 spiro atoms. The van der Waals surface area contributed by atoms with E-state index in [1.807, 2.05) is 0 Å². The highest BCUT2D eigenvalue weighted by molar-refractivity contribution is 7.89. The standard InChI is InChI=1S/C11H14ClN3O4S/c1-7-9(12)5-8(6-10(7)15(16)17)20(18,19)14-4-2-3-11(14)13/h5-6,11H,2-4,13H2,1H3. The molecule has 1 aromatic rings. The lowest BCUT2D eigenvalue weighted by molar-refractivity contribution is -0.385. The van der Waals surface area contributed by atoms with Crippen LogP contribution in [0, 0.1) is 17.0 Å². The Morgan fingerprint density at radius 2 is 2.15 bits per heavy atom. The molecule has 0 aromatic heterocycles. The van der Waals surface area contributed by atoms with Crippen molar-refractivity contribution in [1.29, 1.82) is 0 Å². The van der Waals surface area contributed by atoms with Gasteiger partial charge in [-0.2, -0.15) is 4.31 Å². The molecule has 1 aliphatic heterocycles. The third-order valence-electron chi connectivity index (χ3n) is 3.34.